The highest BCUT2D eigenvalue weighted by molar-refractivity contribution is 7.89. The summed E-state index contributed by atoms with van der Waals surface area (Å²) in [6.45, 7) is -0.673. The Morgan fingerprint density at radius 3 is 2.50 bits per heavy atom. The molecule has 1 aromatic heterocycles. The molecule has 1 aliphatic carbocycles. The number of hydrogen-bond acceptors (Lipinski definition) is 6. The van der Waals surface area contributed by atoms with Gasteiger partial charge in [-0.25, -0.2) is 13.2 Å². The van der Waals surface area contributed by atoms with Crippen molar-refractivity contribution in [2.45, 2.75) is 43.0 Å². The predicted molar refractivity (Wildman–Crippen MR) is 116 cm³/mol. The molecule has 0 aliphatic heterocycles. The van der Waals surface area contributed by atoms with Gasteiger partial charge in [0.2, 0.25) is 10.0 Å². The molecule has 1 fully saturated rings. The number of imide groups is 1. The SMILES string of the molecule is CN(C1CCCCC1)S(=O)(=O)c1cccc(C(=O)OCC(=O)NC(=O)c2cccn2C)c1. The van der Waals surface area contributed by atoms with Crippen LogP contribution in [0.3, 0.4) is 0 Å². The molecule has 0 radical (unpaired) electrons. The molecule has 172 valence electrons. The van der Waals surface area contributed by atoms with Crippen LogP contribution in [0.15, 0.2) is 47.5 Å². The molecule has 1 heterocycles. The molecule has 3 rings (SSSR count). The standard InChI is InChI=1S/C22H27N3O6S/c1-24-13-7-12-19(24)21(27)23-20(26)15-31-22(28)16-8-6-11-18(14-16)32(29,30)25(2)17-9-4-3-5-10-17/h6-8,11-14,17H,3-5,9-10,15H2,1-2H3,(H,23,26,27). The molecule has 10 heteroatoms. The number of aromatic nitrogens is 1. The van der Waals surface area contributed by atoms with Crippen LogP contribution in [0, 0.1) is 0 Å². The van der Waals surface area contributed by atoms with Gasteiger partial charge in [-0.2, -0.15) is 4.31 Å². The molecule has 0 atom stereocenters. The van der Waals surface area contributed by atoms with Gasteiger partial charge in [0.05, 0.1) is 10.5 Å². The Morgan fingerprint density at radius 2 is 1.84 bits per heavy atom. The molecular weight excluding hydrogens is 434 g/mol. The molecule has 0 saturated heterocycles. The summed E-state index contributed by atoms with van der Waals surface area (Å²) in [7, 11) is -0.553. The molecule has 2 amide bonds. The van der Waals surface area contributed by atoms with Crippen LogP contribution < -0.4 is 5.32 Å². The average Bonchev–Trinajstić information content (AvgIpc) is 3.23. The third kappa shape index (κ3) is 5.43. The number of sulfonamides is 1. The number of carbonyl (C=O) groups is 3. The lowest BCUT2D eigenvalue weighted by molar-refractivity contribution is -0.123. The largest absolute Gasteiger partial charge is 0.452 e. The first kappa shape index (κ1) is 23.7. The summed E-state index contributed by atoms with van der Waals surface area (Å²) < 4.78 is 33.9. The monoisotopic (exact) mass is 461 g/mol. The van der Waals surface area contributed by atoms with Crippen LogP contribution in [0.4, 0.5) is 0 Å². The van der Waals surface area contributed by atoms with Crippen LogP contribution in [-0.4, -0.2) is 54.8 Å². The van der Waals surface area contributed by atoms with E-state index in [0.29, 0.717) is 0 Å². The Hall–Kier alpha value is -2.98. The Labute approximate surface area is 187 Å². The molecule has 1 aromatic carbocycles. The van der Waals surface area contributed by atoms with Crippen LogP contribution in [0.5, 0.6) is 0 Å². The maximum Gasteiger partial charge on any atom is 0.338 e. The summed E-state index contributed by atoms with van der Waals surface area (Å²) in [5, 5.41) is 2.14. The van der Waals surface area contributed by atoms with E-state index in [0.717, 1.165) is 32.1 Å². The van der Waals surface area contributed by atoms with Crippen LogP contribution in [0.25, 0.3) is 0 Å². The number of nitrogens with zero attached hydrogens (tertiary/aromatic N) is 2. The minimum Gasteiger partial charge on any atom is -0.452 e. The summed E-state index contributed by atoms with van der Waals surface area (Å²) in [5.74, 6) is -2.26. The zero-order chi connectivity index (χ0) is 23.3. The van der Waals surface area contributed by atoms with Gasteiger partial charge in [-0.1, -0.05) is 25.3 Å². The lowest BCUT2D eigenvalue weighted by Gasteiger charge is -2.30. The Bertz CT molecular complexity index is 1100. The third-order valence-corrected chi connectivity index (χ3v) is 7.51. The minimum atomic E-state index is -3.77. The molecule has 0 bridgehead atoms. The van der Waals surface area contributed by atoms with Crippen molar-refractivity contribution in [2.24, 2.45) is 7.05 Å². The number of nitrogens with one attached hydrogen (secondary N) is 1. The van der Waals surface area contributed by atoms with E-state index in [1.54, 1.807) is 37.0 Å². The number of hydrogen-bond donors (Lipinski definition) is 1. The second kappa shape index (κ2) is 10.1. The van der Waals surface area contributed by atoms with E-state index >= 15 is 0 Å². The first-order valence-corrected chi connectivity index (χ1v) is 11.8. The lowest BCUT2D eigenvalue weighted by Crippen LogP contribution is -2.38. The number of carbonyl (C=O) groups excluding carboxylic acids is 3. The Morgan fingerprint density at radius 1 is 1.12 bits per heavy atom. The first-order chi connectivity index (χ1) is 15.2. The minimum absolute atomic E-state index is 0.00433. The molecular formula is C22H27N3O6S. The van der Waals surface area contributed by atoms with Gasteiger partial charge in [0.1, 0.15) is 5.69 Å². The highest BCUT2D eigenvalue weighted by Crippen LogP contribution is 2.26. The van der Waals surface area contributed by atoms with E-state index in [1.165, 1.54) is 28.6 Å². The van der Waals surface area contributed by atoms with Crippen molar-refractivity contribution in [3.05, 3.63) is 53.9 Å². The normalized spacial score (nSPS) is 14.8. The van der Waals surface area contributed by atoms with Crippen LogP contribution in [0.1, 0.15) is 53.0 Å². The van der Waals surface area contributed by atoms with Crippen LogP contribution in [0.2, 0.25) is 0 Å². The van der Waals surface area contributed by atoms with Crippen molar-refractivity contribution in [1.82, 2.24) is 14.2 Å². The fourth-order valence-corrected chi connectivity index (χ4v) is 5.19. The molecule has 1 N–H and O–H groups in total. The smallest absolute Gasteiger partial charge is 0.338 e. The van der Waals surface area contributed by atoms with E-state index < -0.39 is 34.4 Å². The fraction of sp³-hybridized carbons (Fsp3) is 0.409. The van der Waals surface area contributed by atoms with E-state index in [1.807, 2.05) is 0 Å². The second-order valence-electron chi connectivity index (χ2n) is 7.80. The van der Waals surface area contributed by atoms with Crippen molar-refractivity contribution < 1.29 is 27.5 Å². The van der Waals surface area contributed by atoms with Crippen LogP contribution in [-0.2, 0) is 26.6 Å². The zero-order valence-electron chi connectivity index (χ0n) is 18.1. The van der Waals surface area contributed by atoms with Crippen molar-refractivity contribution >= 4 is 27.8 Å². The van der Waals surface area contributed by atoms with Gasteiger partial charge in [-0.05, 0) is 43.2 Å². The van der Waals surface area contributed by atoms with E-state index in [-0.39, 0.29) is 22.2 Å². The maximum atomic E-state index is 13.0. The summed E-state index contributed by atoms with van der Waals surface area (Å²) in [4.78, 5) is 36.4. The van der Waals surface area contributed by atoms with E-state index in [9.17, 15) is 22.8 Å². The van der Waals surface area contributed by atoms with Gasteiger partial charge in [0, 0.05) is 26.3 Å². The zero-order valence-corrected chi connectivity index (χ0v) is 18.9. The van der Waals surface area contributed by atoms with Gasteiger partial charge >= 0.3 is 5.97 Å². The van der Waals surface area contributed by atoms with Crippen molar-refractivity contribution in [3.8, 4) is 0 Å². The van der Waals surface area contributed by atoms with E-state index in [2.05, 4.69) is 5.32 Å². The van der Waals surface area contributed by atoms with Gasteiger partial charge in [0.15, 0.2) is 6.61 Å². The number of rotatable bonds is 7. The number of benzene rings is 1. The maximum absolute atomic E-state index is 13.0. The third-order valence-electron chi connectivity index (χ3n) is 5.60. The van der Waals surface area contributed by atoms with Gasteiger partial charge in [0.25, 0.3) is 11.8 Å². The van der Waals surface area contributed by atoms with Gasteiger partial charge in [-0.15, -0.1) is 0 Å². The number of aryl methyl sites for hydroxylation is 1. The molecule has 0 unspecified atom stereocenters. The summed E-state index contributed by atoms with van der Waals surface area (Å²) in [5.41, 5.74) is 0.286. The first-order valence-electron chi connectivity index (χ1n) is 10.4. The summed E-state index contributed by atoms with van der Waals surface area (Å²) >= 11 is 0. The molecule has 1 saturated carbocycles. The highest BCUT2D eigenvalue weighted by atomic mass is 32.2. The number of amides is 2. The van der Waals surface area contributed by atoms with E-state index in [4.69, 9.17) is 4.74 Å². The molecule has 1 aliphatic rings. The number of esters is 1. The summed E-state index contributed by atoms with van der Waals surface area (Å²) in [6, 6.07) is 8.68. The summed E-state index contributed by atoms with van der Waals surface area (Å²) in [6.07, 6.45) is 6.38. The lowest BCUT2D eigenvalue weighted by atomic mass is 9.96. The van der Waals surface area contributed by atoms with Gasteiger partial charge in [-0.3, -0.25) is 14.9 Å². The van der Waals surface area contributed by atoms with Crippen molar-refractivity contribution in [1.29, 1.82) is 0 Å². The molecule has 32 heavy (non-hydrogen) atoms. The molecule has 0 spiro atoms. The highest BCUT2D eigenvalue weighted by Gasteiger charge is 2.29. The Balaban J connectivity index is 1.61. The van der Waals surface area contributed by atoms with Crippen molar-refractivity contribution in [3.63, 3.8) is 0 Å². The fourth-order valence-electron chi connectivity index (χ4n) is 3.73. The van der Waals surface area contributed by atoms with Gasteiger partial charge < -0.3 is 9.30 Å². The average molecular weight is 462 g/mol. The Kier molecular flexibility index (Phi) is 7.47. The predicted octanol–water partition coefficient (Wildman–Crippen LogP) is 2.09. The molecule has 2 aromatic rings. The topological polar surface area (TPSA) is 115 Å². The van der Waals surface area contributed by atoms with Crippen molar-refractivity contribution in [2.75, 3.05) is 13.7 Å². The quantitative estimate of drug-likeness (QED) is 0.632. The second-order valence-corrected chi connectivity index (χ2v) is 9.80. The van der Waals surface area contributed by atoms with Crippen LogP contribution >= 0.6 is 0 Å². The molecule has 9 nitrogen and oxygen atoms in total. The number of ether oxygens (including phenoxy) is 1.